The second-order valence-electron chi connectivity index (χ2n) is 5.06. The van der Waals surface area contributed by atoms with Crippen molar-refractivity contribution in [3.8, 4) is 5.75 Å². The number of nitrogens with one attached hydrogen (secondary N) is 1. The summed E-state index contributed by atoms with van der Waals surface area (Å²) in [6.45, 7) is 5.75. The minimum absolute atomic E-state index is 0.254. The lowest BCUT2D eigenvalue weighted by Gasteiger charge is -2.16. The first-order valence-electron chi connectivity index (χ1n) is 6.73. The molecule has 0 unspecified atom stereocenters. The van der Waals surface area contributed by atoms with Crippen LogP contribution in [-0.4, -0.2) is 18.0 Å². The van der Waals surface area contributed by atoms with Gasteiger partial charge in [-0.25, -0.2) is 4.98 Å². The lowest BCUT2D eigenvalue weighted by Crippen LogP contribution is -2.16. The van der Waals surface area contributed by atoms with E-state index in [1.54, 1.807) is 14.0 Å². The van der Waals surface area contributed by atoms with Crippen molar-refractivity contribution in [1.29, 1.82) is 0 Å². The van der Waals surface area contributed by atoms with Gasteiger partial charge >= 0.3 is 0 Å². The Morgan fingerprint density at radius 3 is 2.55 bits per heavy atom. The summed E-state index contributed by atoms with van der Waals surface area (Å²) >= 11 is 3.46. The largest absolute Gasteiger partial charge is 0.496 e. The molecular weight excluding hydrogens is 346 g/mol. The molecule has 1 amide bonds. The molecule has 22 heavy (non-hydrogen) atoms. The summed E-state index contributed by atoms with van der Waals surface area (Å²) < 4.78 is 6.10. The van der Waals surface area contributed by atoms with Crippen molar-refractivity contribution in [2.75, 3.05) is 12.4 Å². The Balaban J connectivity index is 2.52. The number of pyridine rings is 1. The normalized spacial score (nSPS) is 10.4. The van der Waals surface area contributed by atoms with E-state index >= 15 is 0 Å². The van der Waals surface area contributed by atoms with Gasteiger partial charge in [-0.3, -0.25) is 4.79 Å². The van der Waals surface area contributed by atoms with Gasteiger partial charge in [0.25, 0.3) is 5.91 Å². The van der Waals surface area contributed by atoms with E-state index in [9.17, 15) is 4.79 Å². The third-order valence-electron chi connectivity index (χ3n) is 3.49. The highest BCUT2D eigenvalue weighted by molar-refractivity contribution is 9.10. The lowest BCUT2D eigenvalue weighted by molar-refractivity contribution is 0.0995. The smallest absolute Gasteiger partial charge is 0.267 e. The van der Waals surface area contributed by atoms with Crippen molar-refractivity contribution in [3.05, 3.63) is 45.1 Å². The van der Waals surface area contributed by atoms with E-state index in [4.69, 9.17) is 10.5 Å². The number of methoxy groups -OCH3 is 1. The Hall–Kier alpha value is -2.08. The summed E-state index contributed by atoms with van der Waals surface area (Å²) in [6, 6.07) is 5.70. The van der Waals surface area contributed by atoms with Gasteiger partial charge in [0, 0.05) is 11.3 Å². The van der Waals surface area contributed by atoms with Crippen LogP contribution < -0.4 is 15.8 Å². The van der Waals surface area contributed by atoms with Crippen LogP contribution in [0.15, 0.2) is 22.7 Å². The van der Waals surface area contributed by atoms with Gasteiger partial charge in [-0.05, 0) is 60.0 Å². The van der Waals surface area contributed by atoms with Crippen LogP contribution in [0.4, 0.5) is 11.5 Å². The molecule has 0 saturated carbocycles. The molecule has 0 aliphatic carbocycles. The number of rotatable bonds is 4. The molecule has 1 aromatic carbocycles. The predicted octanol–water partition coefficient (Wildman–Crippen LogP) is 3.62. The lowest BCUT2D eigenvalue weighted by atomic mass is 10.1. The quantitative estimate of drug-likeness (QED) is 0.869. The summed E-state index contributed by atoms with van der Waals surface area (Å²) in [5, 5.41) is 3.26. The van der Waals surface area contributed by atoms with Crippen LogP contribution in [0.5, 0.6) is 5.75 Å². The molecule has 1 aromatic heterocycles. The average Bonchev–Trinajstić information content (AvgIpc) is 2.45. The topological polar surface area (TPSA) is 77.2 Å². The molecule has 6 heteroatoms. The van der Waals surface area contributed by atoms with Gasteiger partial charge in [-0.1, -0.05) is 6.07 Å². The summed E-state index contributed by atoms with van der Waals surface area (Å²) in [7, 11) is 1.63. The number of carbonyl (C=O) groups excluding carboxylic acids is 1. The number of halogens is 1. The van der Waals surface area contributed by atoms with Gasteiger partial charge in [-0.2, -0.15) is 0 Å². The molecule has 0 spiro atoms. The molecule has 0 aliphatic heterocycles. The van der Waals surface area contributed by atoms with Crippen molar-refractivity contribution in [2.45, 2.75) is 20.8 Å². The molecule has 0 atom stereocenters. The number of primary amides is 1. The van der Waals surface area contributed by atoms with Crippen LogP contribution in [0.2, 0.25) is 0 Å². The number of anilines is 2. The molecule has 116 valence electrons. The molecule has 0 radical (unpaired) electrons. The predicted molar refractivity (Wildman–Crippen MR) is 90.9 cm³/mol. The first-order chi connectivity index (χ1) is 10.3. The van der Waals surface area contributed by atoms with Crippen LogP contribution in [0, 0.1) is 20.8 Å². The third-order valence-corrected chi connectivity index (χ3v) is 4.09. The second-order valence-corrected chi connectivity index (χ2v) is 5.91. The highest BCUT2D eigenvalue weighted by Gasteiger charge is 2.14. The Bertz CT molecular complexity index is 745. The van der Waals surface area contributed by atoms with E-state index in [1.165, 1.54) is 0 Å². The molecule has 0 fully saturated rings. The van der Waals surface area contributed by atoms with Gasteiger partial charge in [0.2, 0.25) is 0 Å². The van der Waals surface area contributed by atoms with Crippen LogP contribution in [-0.2, 0) is 0 Å². The first-order valence-corrected chi connectivity index (χ1v) is 7.52. The van der Waals surface area contributed by atoms with Gasteiger partial charge in [0.1, 0.15) is 17.3 Å². The molecule has 5 nitrogen and oxygen atoms in total. The van der Waals surface area contributed by atoms with Gasteiger partial charge in [0.05, 0.1) is 11.6 Å². The minimum atomic E-state index is -0.549. The van der Waals surface area contributed by atoms with Crippen molar-refractivity contribution >= 4 is 33.3 Å². The number of nitrogens with two attached hydrogens (primary N) is 1. The number of nitrogens with zero attached hydrogens (tertiary/aromatic N) is 1. The van der Waals surface area contributed by atoms with Gasteiger partial charge in [-0.15, -0.1) is 0 Å². The number of aromatic nitrogens is 1. The number of hydrogen-bond donors (Lipinski definition) is 2. The number of ether oxygens (including phenoxy) is 1. The van der Waals surface area contributed by atoms with Crippen molar-refractivity contribution in [2.24, 2.45) is 5.73 Å². The maximum Gasteiger partial charge on any atom is 0.267 e. The summed E-state index contributed by atoms with van der Waals surface area (Å²) in [5.41, 5.74) is 9.26. The maximum atomic E-state index is 11.5. The number of benzene rings is 1. The molecule has 3 N–H and O–H groups in total. The van der Waals surface area contributed by atoms with E-state index in [0.717, 1.165) is 32.6 Å². The van der Waals surface area contributed by atoms with Crippen LogP contribution in [0.1, 0.15) is 27.2 Å². The Morgan fingerprint density at radius 1 is 1.27 bits per heavy atom. The fourth-order valence-corrected chi connectivity index (χ4v) is 2.81. The van der Waals surface area contributed by atoms with E-state index in [0.29, 0.717) is 5.82 Å². The summed E-state index contributed by atoms with van der Waals surface area (Å²) in [5.74, 6) is 0.775. The number of carbonyl (C=O) groups is 1. The molecule has 0 bridgehead atoms. The summed E-state index contributed by atoms with van der Waals surface area (Å²) in [4.78, 5) is 15.8. The van der Waals surface area contributed by atoms with E-state index < -0.39 is 5.91 Å². The van der Waals surface area contributed by atoms with Gasteiger partial charge < -0.3 is 15.8 Å². The fourth-order valence-electron chi connectivity index (χ4n) is 2.28. The summed E-state index contributed by atoms with van der Waals surface area (Å²) in [6.07, 6.45) is 0. The second kappa shape index (κ2) is 6.36. The Labute approximate surface area is 138 Å². The Morgan fingerprint density at radius 2 is 1.95 bits per heavy atom. The average molecular weight is 364 g/mol. The number of amides is 1. The molecule has 2 rings (SSSR count). The van der Waals surface area contributed by atoms with E-state index in [2.05, 4.69) is 26.2 Å². The SMILES string of the molecule is COc1ccc(C)c(Nc2nc(C(N)=O)c(C)cc2Br)c1C. The first kappa shape index (κ1) is 16.3. The van der Waals surface area contributed by atoms with Crippen LogP contribution >= 0.6 is 15.9 Å². The zero-order chi connectivity index (χ0) is 16.4. The van der Waals surface area contributed by atoms with Crippen molar-refractivity contribution < 1.29 is 9.53 Å². The minimum Gasteiger partial charge on any atom is -0.496 e. The van der Waals surface area contributed by atoms with E-state index in [-0.39, 0.29) is 5.69 Å². The highest BCUT2D eigenvalue weighted by atomic mass is 79.9. The van der Waals surface area contributed by atoms with Crippen LogP contribution in [0.25, 0.3) is 0 Å². The van der Waals surface area contributed by atoms with E-state index in [1.807, 2.05) is 32.0 Å². The zero-order valence-corrected chi connectivity index (χ0v) is 14.5. The number of hydrogen-bond acceptors (Lipinski definition) is 4. The van der Waals surface area contributed by atoms with Crippen LogP contribution in [0.3, 0.4) is 0 Å². The maximum absolute atomic E-state index is 11.5. The van der Waals surface area contributed by atoms with Gasteiger partial charge in [0.15, 0.2) is 0 Å². The standard InChI is InChI=1S/C16H18BrN3O2/c1-8-5-6-12(22-4)10(3)13(8)19-16-11(17)7-9(2)14(20-16)15(18)21/h5-7H,1-4H3,(H2,18,21)(H,19,20). The van der Waals surface area contributed by atoms with Crippen molar-refractivity contribution in [3.63, 3.8) is 0 Å². The zero-order valence-electron chi connectivity index (χ0n) is 13.0. The van der Waals surface area contributed by atoms with Crippen molar-refractivity contribution in [1.82, 2.24) is 4.98 Å². The molecule has 0 aliphatic rings. The molecule has 1 heterocycles. The number of aryl methyl sites for hydroxylation is 2. The third kappa shape index (κ3) is 3.06. The highest BCUT2D eigenvalue weighted by Crippen LogP contribution is 2.33. The fraction of sp³-hybridized carbons (Fsp3) is 0.250. The Kier molecular flexibility index (Phi) is 4.71. The monoisotopic (exact) mass is 363 g/mol. The molecule has 2 aromatic rings. The molecular formula is C16H18BrN3O2. The molecule has 0 saturated heterocycles.